The van der Waals surface area contributed by atoms with Gasteiger partial charge in [0.05, 0.1) is 18.0 Å². The van der Waals surface area contributed by atoms with E-state index in [4.69, 9.17) is 10.5 Å². The van der Waals surface area contributed by atoms with Gasteiger partial charge in [0, 0.05) is 6.54 Å². The van der Waals surface area contributed by atoms with E-state index in [0.29, 0.717) is 0 Å². The number of nitrogens with two attached hydrogens (primary N) is 1. The van der Waals surface area contributed by atoms with Crippen molar-refractivity contribution in [3.05, 3.63) is 0 Å². The summed E-state index contributed by atoms with van der Waals surface area (Å²) in [4.78, 5) is 0. The monoisotopic (exact) mass is 161 g/mol. The fraction of sp³-hybridized carbons (Fsp3) is 1.00. The van der Waals surface area contributed by atoms with Crippen molar-refractivity contribution in [2.75, 3.05) is 25.5 Å². The largest absolute Gasteiger partial charge is 0.378 e. The minimum absolute atomic E-state index is 0.288. The van der Waals surface area contributed by atoms with Crippen molar-refractivity contribution in [1.82, 2.24) is 0 Å². The highest BCUT2D eigenvalue weighted by Gasteiger charge is 2.37. The molecule has 1 heterocycles. The summed E-state index contributed by atoms with van der Waals surface area (Å²) in [5.74, 6) is 1.21. The second-order valence-electron chi connectivity index (χ2n) is 2.73. The molecule has 10 heavy (non-hydrogen) atoms. The van der Waals surface area contributed by atoms with Gasteiger partial charge in [-0.25, -0.2) is 0 Å². The SMILES string of the molecule is CCCSC1(CN)COC1. The van der Waals surface area contributed by atoms with Gasteiger partial charge in [0.2, 0.25) is 0 Å². The van der Waals surface area contributed by atoms with Crippen molar-refractivity contribution >= 4 is 11.8 Å². The predicted molar refractivity (Wildman–Crippen MR) is 45.4 cm³/mol. The van der Waals surface area contributed by atoms with Crippen LogP contribution in [0.25, 0.3) is 0 Å². The molecule has 0 aliphatic carbocycles. The molecule has 0 saturated carbocycles. The van der Waals surface area contributed by atoms with Gasteiger partial charge < -0.3 is 10.5 Å². The first-order valence-corrected chi connectivity index (χ1v) is 4.73. The van der Waals surface area contributed by atoms with Crippen LogP contribution in [0.1, 0.15) is 13.3 Å². The third-order valence-corrected chi connectivity index (χ3v) is 3.34. The molecule has 1 saturated heterocycles. The summed E-state index contributed by atoms with van der Waals surface area (Å²) in [7, 11) is 0. The fourth-order valence-corrected chi connectivity index (χ4v) is 2.00. The molecule has 1 fully saturated rings. The van der Waals surface area contributed by atoms with Crippen molar-refractivity contribution in [3.8, 4) is 0 Å². The highest BCUT2D eigenvalue weighted by Crippen LogP contribution is 2.32. The lowest BCUT2D eigenvalue weighted by atomic mass is 10.1. The Morgan fingerprint density at radius 3 is 2.60 bits per heavy atom. The minimum Gasteiger partial charge on any atom is -0.378 e. The zero-order valence-corrected chi connectivity index (χ0v) is 7.25. The first-order chi connectivity index (χ1) is 4.83. The van der Waals surface area contributed by atoms with Crippen LogP contribution in [0.4, 0.5) is 0 Å². The number of hydrogen-bond acceptors (Lipinski definition) is 3. The van der Waals surface area contributed by atoms with E-state index in [1.165, 1.54) is 12.2 Å². The van der Waals surface area contributed by atoms with Crippen molar-refractivity contribution in [2.24, 2.45) is 5.73 Å². The fourth-order valence-electron chi connectivity index (χ4n) is 0.908. The van der Waals surface area contributed by atoms with Crippen LogP contribution in [0.15, 0.2) is 0 Å². The van der Waals surface area contributed by atoms with Crippen LogP contribution < -0.4 is 5.73 Å². The van der Waals surface area contributed by atoms with Crippen LogP contribution in [0.2, 0.25) is 0 Å². The Kier molecular flexibility index (Phi) is 3.01. The summed E-state index contributed by atoms with van der Waals surface area (Å²) in [6.45, 7) is 4.66. The molecule has 0 radical (unpaired) electrons. The highest BCUT2D eigenvalue weighted by atomic mass is 32.2. The van der Waals surface area contributed by atoms with Gasteiger partial charge in [0.25, 0.3) is 0 Å². The summed E-state index contributed by atoms with van der Waals surface area (Å²) in [6, 6.07) is 0. The molecule has 2 nitrogen and oxygen atoms in total. The van der Waals surface area contributed by atoms with Crippen LogP contribution >= 0.6 is 11.8 Å². The van der Waals surface area contributed by atoms with Gasteiger partial charge in [-0.1, -0.05) is 6.92 Å². The molecule has 0 atom stereocenters. The predicted octanol–water partition coefficient (Wildman–Crippen LogP) is 0.857. The van der Waals surface area contributed by atoms with E-state index in [-0.39, 0.29) is 4.75 Å². The average Bonchev–Trinajstić information content (AvgIpc) is 1.87. The van der Waals surface area contributed by atoms with E-state index in [1.807, 2.05) is 11.8 Å². The Labute approximate surface area is 66.5 Å². The van der Waals surface area contributed by atoms with E-state index in [2.05, 4.69) is 6.92 Å². The van der Waals surface area contributed by atoms with Gasteiger partial charge in [0.15, 0.2) is 0 Å². The zero-order chi connectivity index (χ0) is 7.45. The summed E-state index contributed by atoms with van der Waals surface area (Å²) < 4.78 is 5.41. The summed E-state index contributed by atoms with van der Waals surface area (Å²) in [5.41, 5.74) is 5.61. The van der Waals surface area contributed by atoms with Crippen LogP contribution in [-0.2, 0) is 4.74 Å². The Bertz CT molecular complexity index is 98.3. The topological polar surface area (TPSA) is 35.2 Å². The van der Waals surface area contributed by atoms with Gasteiger partial charge in [-0.15, -0.1) is 11.8 Å². The van der Waals surface area contributed by atoms with Gasteiger partial charge in [0.1, 0.15) is 0 Å². The van der Waals surface area contributed by atoms with E-state index in [0.717, 1.165) is 19.8 Å². The Morgan fingerprint density at radius 2 is 2.30 bits per heavy atom. The molecule has 0 unspecified atom stereocenters. The highest BCUT2D eigenvalue weighted by molar-refractivity contribution is 8.00. The number of ether oxygens (including phenoxy) is 1. The summed E-state index contributed by atoms with van der Waals surface area (Å²) in [6.07, 6.45) is 1.23. The van der Waals surface area contributed by atoms with Crippen LogP contribution in [0.3, 0.4) is 0 Å². The standard InChI is InChI=1S/C7H15NOS/c1-2-3-10-7(4-8)5-9-6-7/h2-6,8H2,1H3. The smallest absolute Gasteiger partial charge is 0.0747 e. The molecule has 0 aromatic carbocycles. The van der Waals surface area contributed by atoms with Crippen molar-refractivity contribution < 1.29 is 4.74 Å². The van der Waals surface area contributed by atoms with Gasteiger partial charge >= 0.3 is 0 Å². The molecule has 1 rings (SSSR count). The number of hydrogen-bond donors (Lipinski definition) is 1. The summed E-state index contributed by atoms with van der Waals surface area (Å²) in [5, 5.41) is 0. The first kappa shape index (κ1) is 8.37. The van der Waals surface area contributed by atoms with Crippen LogP contribution in [-0.4, -0.2) is 30.3 Å². The van der Waals surface area contributed by atoms with E-state index >= 15 is 0 Å². The maximum absolute atomic E-state index is 5.61. The Morgan fingerprint density at radius 1 is 1.60 bits per heavy atom. The molecule has 1 aliphatic heterocycles. The van der Waals surface area contributed by atoms with E-state index in [9.17, 15) is 0 Å². The maximum Gasteiger partial charge on any atom is 0.0747 e. The number of thioether (sulfide) groups is 1. The van der Waals surface area contributed by atoms with E-state index in [1.54, 1.807) is 0 Å². The molecule has 0 bridgehead atoms. The molecule has 0 aromatic heterocycles. The molecule has 60 valence electrons. The quantitative estimate of drug-likeness (QED) is 0.664. The van der Waals surface area contributed by atoms with Crippen molar-refractivity contribution in [1.29, 1.82) is 0 Å². The molecule has 1 aliphatic rings. The molecular formula is C7H15NOS. The lowest BCUT2D eigenvalue weighted by Crippen LogP contribution is -2.52. The van der Waals surface area contributed by atoms with Crippen LogP contribution in [0, 0.1) is 0 Å². The Balaban J connectivity index is 2.20. The molecule has 0 amide bonds. The molecule has 0 spiro atoms. The molecule has 2 N–H and O–H groups in total. The van der Waals surface area contributed by atoms with Crippen molar-refractivity contribution in [2.45, 2.75) is 18.1 Å². The lowest BCUT2D eigenvalue weighted by Gasteiger charge is -2.39. The molecule has 0 aromatic rings. The minimum atomic E-state index is 0.288. The normalized spacial score (nSPS) is 22.2. The van der Waals surface area contributed by atoms with Crippen molar-refractivity contribution in [3.63, 3.8) is 0 Å². The number of rotatable bonds is 4. The van der Waals surface area contributed by atoms with E-state index < -0.39 is 0 Å². The second-order valence-corrected chi connectivity index (χ2v) is 4.29. The zero-order valence-electron chi connectivity index (χ0n) is 6.43. The average molecular weight is 161 g/mol. The first-order valence-electron chi connectivity index (χ1n) is 3.75. The molecular weight excluding hydrogens is 146 g/mol. The van der Waals surface area contributed by atoms with Gasteiger partial charge in [-0.3, -0.25) is 0 Å². The maximum atomic E-state index is 5.61. The lowest BCUT2D eigenvalue weighted by molar-refractivity contribution is -0.00432. The summed E-state index contributed by atoms with van der Waals surface area (Å²) >= 11 is 1.96. The third kappa shape index (κ3) is 1.65. The van der Waals surface area contributed by atoms with Gasteiger partial charge in [-0.05, 0) is 12.2 Å². The second kappa shape index (κ2) is 3.60. The molecule has 3 heteroatoms. The van der Waals surface area contributed by atoms with Gasteiger partial charge in [-0.2, -0.15) is 0 Å². The van der Waals surface area contributed by atoms with Crippen LogP contribution in [0.5, 0.6) is 0 Å². The third-order valence-electron chi connectivity index (χ3n) is 1.71. The Hall–Kier alpha value is 0.270.